The van der Waals surface area contributed by atoms with Crippen LogP contribution >= 0.6 is 11.3 Å². The zero-order valence-electron chi connectivity index (χ0n) is 12.8. The van der Waals surface area contributed by atoms with Gasteiger partial charge in [0, 0.05) is 28.4 Å². The highest BCUT2D eigenvalue weighted by Gasteiger charge is 2.21. The molecule has 3 aromatic heterocycles. The van der Waals surface area contributed by atoms with Gasteiger partial charge in [-0.15, -0.1) is 11.3 Å². The third-order valence-electron chi connectivity index (χ3n) is 4.45. The highest BCUT2D eigenvalue weighted by molar-refractivity contribution is 7.22. The third-order valence-corrected chi connectivity index (χ3v) is 5.54. The van der Waals surface area contributed by atoms with Gasteiger partial charge < -0.3 is 0 Å². The van der Waals surface area contributed by atoms with Crippen molar-refractivity contribution in [2.75, 3.05) is 6.54 Å². The van der Waals surface area contributed by atoms with E-state index in [2.05, 4.69) is 33.1 Å². The molecule has 4 rings (SSSR count). The van der Waals surface area contributed by atoms with Crippen LogP contribution in [-0.4, -0.2) is 37.7 Å². The standard InChI is InChI=1S/C16H19N5S/c1-10-4-3-5-21(10)9-16-17-8-15-13(19-16)6-14(22-15)12-7-18-20-11(12)2/h6-8,10H,3-5,9H2,1-2H3,(H,18,20)/t10-/m0/s1. The molecule has 6 heteroatoms. The van der Waals surface area contributed by atoms with Crippen LogP contribution in [0.25, 0.3) is 20.7 Å². The molecule has 0 radical (unpaired) electrons. The Balaban J connectivity index is 1.65. The summed E-state index contributed by atoms with van der Waals surface area (Å²) in [4.78, 5) is 13.0. The summed E-state index contributed by atoms with van der Waals surface area (Å²) in [5, 5.41) is 7.09. The Bertz CT molecular complexity index is 806. The van der Waals surface area contributed by atoms with Crippen LogP contribution in [-0.2, 0) is 6.54 Å². The van der Waals surface area contributed by atoms with Gasteiger partial charge in [0.25, 0.3) is 0 Å². The van der Waals surface area contributed by atoms with Gasteiger partial charge in [-0.3, -0.25) is 10.00 Å². The van der Waals surface area contributed by atoms with Crippen molar-refractivity contribution < 1.29 is 0 Å². The van der Waals surface area contributed by atoms with E-state index >= 15 is 0 Å². The smallest absolute Gasteiger partial charge is 0.143 e. The number of nitrogens with zero attached hydrogens (tertiary/aromatic N) is 4. The van der Waals surface area contributed by atoms with Gasteiger partial charge in [-0.2, -0.15) is 5.10 Å². The first-order valence-electron chi connectivity index (χ1n) is 7.70. The summed E-state index contributed by atoms with van der Waals surface area (Å²) < 4.78 is 1.13. The molecule has 22 heavy (non-hydrogen) atoms. The first-order chi connectivity index (χ1) is 10.7. The van der Waals surface area contributed by atoms with Gasteiger partial charge in [0.1, 0.15) is 5.82 Å². The minimum Gasteiger partial charge on any atom is -0.293 e. The maximum absolute atomic E-state index is 4.76. The van der Waals surface area contributed by atoms with E-state index < -0.39 is 0 Å². The van der Waals surface area contributed by atoms with Crippen LogP contribution in [0.5, 0.6) is 0 Å². The van der Waals surface area contributed by atoms with Gasteiger partial charge in [-0.25, -0.2) is 9.97 Å². The summed E-state index contributed by atoms with van der Waals surface area (Å²) in [5.74, 6) is 0.925. The maximum atomic E-state index is 4.76. The molecule has 1 N–H and O–H groups in total. The number of hydrogen-bond acceptors (Lipinski definition) is 5. The van der Waals surface area contributed by atoms with Crippen molar-refractivity contribution in [2.45, 2.75) is 39.3 Å². The molecule has 0 aliphatic carbocycles. The Kier molecular flexibility index (Phi) is 3.43. The highest BCUT2D eigenvalue weighted by Crippen LogP contribution is 2.33. The lowest BCUT2D eigenvalue weighted by Crippen LogP contribution is -2.27. The van der Waals surface area contributed by atoms with Gasteiger partial charge in [0.2, 0.25) is 0 Å². The van der Waals surface area contributed by atoms with Crippen molar-refractivity contribution in [1.29, 1.82) is 0 Å². The van der Waals surface area contributed by atoms with Gasteiger partial charge in [-0.1, -0.05) is 0 Å². The van der Waals surface area contributed by atoms with E-state index in [-0.39, 0.29) is 0 Å². The molecule has 4 heterocycles. The largest absolute Gasteiger partial charge is 0.293 e. The molecule has 0 bridgehead atoms. The Morgan fingerprint density at radius 1 is 1.41 bits per heavy atom. The lowest BCUT2D eigenvalue weighted by molar-refractivity contribution is 0.254. The number of rotatable bonds is 3. The average molecular weight is 313 g/mol. The molecule has 1 aliphatic rings. The van der Waals surface area contributed by atoms with Crippen LogP contribution in [0.4, 0.5) is 0 Å². The van der Waals surface area contributed by atoms with E-state index in [9.17, 15) is 0 Å². The molecule has 3 aromatic rings. The van der Waals surface area contributed by atoms with Crippen molar-refractivity contribution in [3.63, 3.8) is 0 Å². The number of aryl methyl sites for hydroxylation is 1. The molecular formula is C16H19N5S. The summed E-state index contributed by atoms with van der Waals surface area (Å²) in [7, 11) is 0. The second kappa shape index (κ2) is 5.44. The van der Waals surface area contributed by atoms with Gasteiger partial charge in [0.15, 0.2) is 0 Å². The number of fused-ring (bicyclic) bond motifs is 1. The third kappa shape index (κ3) is 2.42. The van der Waals surface area contributed by atoms with Crippen LogP contribution in [0.15, 0.2) is 18.5 Å². The van der Waals surface area contributed by atoms with E-state index in [0.29, 0.717) is 6.04 Å². The second-order valence-corrected chi connectivity index (χ2v) is 7.10. The van der Waals surface area contributed by atoms with Crippen molar-refractivity contribution in [2.24, 2.45) is 0 Å². The minimum atomic E-state index is 0.644. The van der Waals surface area contributed by atoms with Crippen LogP contribution in [0, 0.1) is 6.92 Å². The summed E-state index contributed by atoms with van der Waals surface area (Å²) in [6.07, 6.45) is 6.40. The lowest BCUT2D eigenvalue weighted by atomic mass is 10.2. The molecule has 0 saturated carbocycles. The van der Waals surface area contributed by atoms with E-state index in [1.165, 1.54) is 17.7 Å². The fraction of sp³-hybridized carbons (Fsp3) is 0.438. The van der Waals surface area contributed by atoms with Crippen LogP contribution in [0.3, 0.4) is 0 Å². The number of H-pyrrole nitrogens is 1. The molecule has 5 nitrogen and oxygen atoms in total. The predicted octanol–water partition coefficient (Wildman–Crippen LogP) is 3.37. The molecule has 0 aromatic carbocycles. The summed E-state index contributed by atoms with van der Waals surface area (Å²) in [6.45, 7) is 6.34. The van der Waals surface area contributed by atoms with Gasteiger partial charge in [-0.05, 0) is 39.3 Å². The number of aromatic nitrogens is 4. The fourth-order valence-electron chi connectivity index (χ4n) is 3.09. The molecule has 1 atom stereocenters. The molecule has 0 unspecified atom stereocenters. The monoisotopic (exact) mass is 313 g/mol. The highest BCUT2D eigenvalue weighted by atomic mass is 32.1. The summed E-state index contributed by atoms with van der Waals surface area (Å²) in [5.41, 5.74) is 3.28. The molecule has 1 fully saturated rings. The van der Waals surface area contributed by atoms with E-state index in [4.69, 9.17) is 4.98 Å². The van der Waals surface area contributed by atoms with Crippen molar-refractivity contribution >= 4 is 21.6 Å². The zero-order chi connectivity index (χ0) is 15.1. The van der Waals surface area contributed by atoms with Crippen LogP contribution < -0.4 is 0 Å². The molecule has 0 amide bonds. The van der Waals surface area contributed by atoms with E-state index in [1.54, 1.807) is 11.3 Å². The minimum absolute atomic E-state index is 0.644. The number of hydrogen-bond donors (Lipinski definition) is 1. The topological polar surface area (TPSA) is 57.7 Å². The Labute approximate surface area is 133 Å². The summed E-state index contributed by atoms with van der Waals surface area (Å²) in [6, 6.07) is 2.79. The average Bonchev–Trinajstić information content (AvgIpc) is 3.19. The van der Waals surface area contributed by atoms with Crippen molar-refractivity contribution in [1.82, 2.24) is 25.1 Å². The fourth-order valence-corrected chi connectivity index (χ4v) is 4.13. The van der Waals surface area contributed by atoms with Crippen molar-refractivity contribution in [3.8, 4) is 10.4 Å². The molecule has 1 saturated heterocycles. The van der Waals surface area contributed by atoms with E-state index in [1.807, 2.05) is 19.3 Å². The van der Waals surface area contributed by atoms with Crippen LogP contribution in [0.1, 0.15) is 31.3 Å². The Morgan fingerprint density at radius 2 is 2.32 bits per heavy atom. The molecular weight excluding hydrogens is 294 g/mol. The number of aromatic amines is 1. The molecule has 0 spiro atoms. The predicted molar refractivity (Wildman–Crippen MR) is 88.8 cm³/mol. The number of nitrogens with one attached hydrogen (secondary N) is 1. The first kappa shape index (κ1) is 13.8. The molecule has 1 aliphatic heterocycles. The molecule has 114 valence electrons. The van der Waals surface area contributed by atoms with Gasteiger partial charge >= 0.3 is 0 Å². The Morgan fingerprint density at radius 3 is 3.05 bits per heavy atom. The van der Waals surface area contributed by atoms with Crippen LogP contribution in [0.2, 0.25) is 0 Å². The first-order valence-corrected chi connectivity index (χ1v) is 8.52. The van der Waals surface area contributed by atoms with Gasteiger partial charge in [0.05, 0.1) is 23.0 Å². The Hall–Kier alpha value is -1.79. The van der Waals surface area contributed by atoms with Crippen molar-refractivity contribution in [3.05, 3.63) is 30.0 Å². The maximum Gasteiger partial charge on any atom is 0.143 e. The SMILES string of the molecule is Cc1[nH]ncc1-c1cc2nc(CN3CCC[C@@H]3C)ncc2s1. The zero-order valence-corrected chi connectivity index (χ0v) is 13.7. The normalized spacial score (nSPS) is 19.3. The number of thiophene rings is 1. The second-order valence-electron chi connectivity index (χ2n) is 6.02. The quantitative estimate of drug-likeness (QED) is 0.805. The van der Waals surface area contributed by atoms with E-state index in [0.717, 1.165) is 40.4 Å². The number of likely N-dealkylation sites (tertiary alicyclic amines) is 1. The lowest BCUT2D eigenvalue weighted by Gasteiger charge is -2.19. The summed E-state index contributed by atoms with van der Waals surface area (Å²) >= 11 is 1.72.